The highest BCUT2D eigenvalue weighted by atomic mass is 31.2. The number of carbonyl (C=O) groups is 4. The number of hydrogen-bond acceptors (Lipinski definition) is 15. The topological polar surface area (TPSA) is 237 Å². The molecular weight excluding hydrogens is 1200 g/mol. The molecule has 3 N–H and O–H groups in total. The van der Waals surface area contributed by atoms with E-state index in [9.17, 15) is 43.2 Å². The van der Waals surface area contributed by atoms with Crippen molar-refractivity contribution in [2.24, 2.45) is 11.8 Å². The second kappa shape index (κ2) is 64.1. The van der Waals surface area contributed by atoms with Crippen molar-refractivity contribution < 1.29 is 80.2 Å². The van der Waals surface area contributed by atoms with E-state index in [0.717, 1.165) is 108 Å². The molecule has 540 valence electrons. The monoisotopic (exact) mass is 1340 g/mol. The molecule has 0 rings (SSSR count). The van der Waals surface area contributed by atoms with Crippen LogP contribution in [0.4, 0.5) is 0 Å². The third-order valence-corrected chi connectivity index (χ3v) is 19.0. The molecule has 17 nitrogen and oxygen atoms in total. The van der Waals surface area contributed by atoms with E-state index in [4.69, 9.17) is 37.0 Å². The SMILES string of the molecule is CCCCCCCCCCCCCCCCCC(=O)O[C@H](COC(=O)CCCCCCCCCCCCC(C)C)COP(=O)(O)OC[C@@H](O)COP(=O)(O)OC[C@@H](COC(=O)CCCCCCCCC(C)CC)OC(=O)CCCCCCCCCCCCCCC. The third-order valence-electron chi connectivity index (χ3n) is 17.1. The molecule has 0 aliphatic heterocycles. The first-order valence-corrected chi connectivity index (χ1v) is 40.5. The first-order valence-electron chi connectivity index (χ1n) is 37.5. The van der Waals surface area contributed by atoms with Gasteiger partial charge in [0, 0.05) is 25.7 Å². The van der Waals surface area contributed by atoms with Gasteiger partial charge in [-0.1, -0.05) is 318 Å². The number of aliphatic hydroxyl groups is 1. The van der Waals surface area contributed by atoms with Crippen LogP contribution in [0.25, 0.3) is 0 Å². The Bertz CT molecular complexity index is 1770. The molecule has 0 radical (unpaired) electrons. The quantitative estimate of drug-likeness (QED) is 0.0222. The summed E-state index contributed by atoms with van der Waals surface area (Å²) in [6.45, 7) is 9.53. The van der Waals surface area contributed by atoms with Crippen LogP contribution in [0, 0.1) is 11.8 Å². The number of hydrogen-bond donors (Lipinski definition) is 3. The zero-order valence-electron chi connectivity index (χ0n) is 59.1. The largest absolute Gasteiger partial charge is 0.472 e. The van der Waals surface area contributed by atoms with E-state index in [-0.39, 0.29) is 25.7 Å². The fraction of sp³-hybridized carbons (Fsp3) is 0.944. The lowest BCUT2D eigenvalue weighted by Gasteiger charge is -2.21. The van der Waals surface area contributed by atoms with Crippen LogP contribution in [0.1, 0.15) is 369 Å². The smallest absolute Gasteiger partial charge is 0.462 e. The Balaban J connectivity index is 5.26. The number of unbranched alkanes of at least 4 members (excludes halogenated alkanes) is 40. The van der Waals surface area contributed by atoms with Crippen LogP contribution in [-0.4, -0.2) is 96.7 Å². The summed E-state index contributed by atoms with van der Waals surface area (Å²) in [5, 5.41) is 10.6. The predicted molar refractivity (Wildman–Crippen MR) is 368 cm³/mol. The van der Waals surface area contributed by atoms with E-state index in [1.165, 1.54) is 180 Å². The van der Waals surface area contributed by atoms with Crippen LogP contribution < -0.4 is 0 Å². The van der Waals surface area contributed by atoms with E-state index >= 15 is 0 Å². The fourth-order valence-corrected chi connectivity index (χ4v) is 12.5. The van der Waals surface area contributed by atoms with E-state index in [1.807, 2.05) is 0 Å². The molecule has 0 saturated heterocycles. The van der Waals surface area contributed by atoms with Gasteiger partial charge in [0.25, 0.3) is 0 Å². The van der Waals surface area contributed by atoms with Crippen LogP contribution in [0.2, 0.25) is 0 Å². The molecular formula is C72H140O17P2. The minimum Gasteiger partial charge on any atom is -0.462 e. The average Bonchev–Trinajstić information content (AvgIpc) is 3.54. The number of aliphatic hydroxyl groups excluding tert-OH is 1. The van der Waals surface area contributed by atoms with Gasteiger partial charge in [-0.2, -0.15) is 0 Å². The lowest BCUT2D eigenvalue weighted by atomic mass is 10.00. The second-order valence-electron chi connectivity index (χ2n) is 26.7. The number of esters is 4. The highest BCUT2D eigenvalue weighted by Gasteiger charge is 2.30. The molecule has 0 aliphatic carbocycles. The molecule has 0 heterocycles. The summed E-state index contributed by atoms with van der Waals surface area (Å²) in [5.74, 6) is -0.630. The lowest BCUT2D eigenvalue weighted by molar-refractivity contribution is -0.161. The minimum absolute atomic E-state index is 0.107. The highest BCUT2D eigenvalue weighted by molar-refractivity contribution is 7.47. The van der Waals surface area contributed by atoms with Crippen LogP contribution >= 0.6 is 15.6 Å². The summed E-state index contributed by atoms with van der Waals surface area (Å²) in [7, 11) is -9.90. The van der Waals surface area contributed by atoms with Crippen molar-refractivity contribution in [3.05, 3.63) is 0 Å². The molecule has 6 atom stereocenters. The van der Waals surface area contributed by atoms with Gasteiger partial charge >= 0.3 is 39.5 Å². The maximum atomic E-state index is 13.0. The molecule has 19 heteroatoms. The van der Waals surface area contributed by atoms with Crippen molar-refractivity contribution in [2.45, 2.75) is 387 Å². The van der Waals surface area contributed by atoms with Crippen LogP contribution in [0.3, 0.4) is 0 Å². The third kappa shape index (κ3) is 65.1. The van der Waals surface area contributed by atoms with Crippen molar-refractivity contribution in [1.29, 1.82) is 0 Å². The summed E-state index contributed by atoms with van der Waals surface area (Å²) in [4.78, 5) is 72.6. The van der Waals surface area contributed by atoms with Crippen LogP contribution in [0.15, 0.2) is 0 Å². The van der Waals surface area contributed by atoms with Gasteiger partial charge in [-0.15, -0.1) is 0 Å². The summed E-state index contributed by atoms with van der Waals surface area (Å²) >= 11 is 0. The highest BCUT2D eigenvalue weighted by Crippen LogP contribution is 2.45. The Morgan fingerprint density at radius 2 is 0.560 bits per heavy atom. The van der Waals surface area contributed by atoms with Crippen LogP contribution in [-0.2, 0) is 65.4 Å². The van der Waals surface area contributed by atoms with Gasteiger partial charge in [0.2, 0.25) is 0 Å². The van der Waals surface area contributed by atoms with Gasteiger partial charge in [0.05, 0.1) is 26.4 Å². The second-order valence-corrected chi connectivity index (χ2v) is 29.6. The number of phosphoric acid groups is 2. The summed E-state index contributed by atoms with van der Waals surface area (Å²) < 4.78 is 68.4. The molecule has 0 saturated carbocycles. The lowest BCUT2D eigenvalue weighted by Crippen LogP contribution is -2.30. The number of phosphoric ester groups is 2. The molecule has 91 heavy (non-hydrogen) atoms. The minimum atomic E-state index is -4.95. The molecule has 0 aromatic rings. The first kappa shape index (κ1) is 89.1. The number of carbonyl (C=O) groups excluding carboxylic acids is 4. The molecule has 0 spiro atoms. The van der Waals surface area contributed by atoms with E-state index < -0.39 is 97.5 Å². The normalized spacial score (nSPS) is 14.4. The molecule has 3 unspecified atom stereocenters. The van der Waals surface area contributed by atoms with Crippen molar-refractivity contribution in [3.63, 3.8) is 0 Å². The predicted octanol–water partition coefficient (Wildman–Crippen LogP) is 20.8. The molecule has 0 amide bonds. The van der Waals surface area contributed by atoms with Gasteiger partial charge in [0.15, 0.2) is 12.2 Å². The standard InChI is InChI=1S/C72H140O17P2/c1-7-10-12-14-16-18-20-22-23-25-27-33-37-45-51-57-71(76)88-67(60-82-69(74)54-48-42-35-31-29-28-30-34-40-46-52-64(4)5)62-86-90(78,79)84-58-66(73)59-85-91(80,81)87-63-68(61-83-70(75)55-49-43-39-38-41-47-53-65(6)9-3)89-72(77)56-50-44-36-32-26-24-21-19-17-15-13-11-8-2/h64-68,73H,7-63H2,1-6H3,(H,78,79)(H,80,81)/t65?,66-,67-,68-/m1/s1. The molecule has 0 aromatic heterocycles. The first-order chi connectivity index (χ1) is 43.9. The maximum absolute atomic E-state index is 13.0. The summed E-state index contributed by atoms with van der Waals surface area (Å²) in [6.07, 6.45) is 49.8. The Morgan fingerprint density at radius 1 is 0.319 bits per heavy atom. The Labute approximate surface area is 556 Å². The molecule has 0 bridgehead atoms. The van der Waals surface area contributed by atoms with Gasteiger partial charge in [-0.3, -0.25) is 37.3 Å². The van der Waals surface area contributed by atoms with E-state index in [0.29, 0.717) is 25.7 Å². The van der Waals surface area contributed by atoms with Crippen molar-refractivity contribution in [1.82, 2.24) is 0 Å². The molecule has 0 fully saturated rings. The van der Waals surface area contributed by atoms with Gasteiger partial charge in [-0.05, 0) is 37.5 Å². The average molecular weight is 1340 g/mol. The Kier molecular flexibility index (Phi) is 62.7. The zero-order valence-corrected chi connectivity index (χ0v) is 60.9. The van der Waals surface area contributed by atoms with E-state index in [2.05, 4.69) is 41.5 Å². The van der Waals surface area contributed by atoms with Crippen LogP contribution in [0.5, 0.6) is 0 Å². The Hall–Kier alpha value is -1.94. The number of ether oxygens (including phenoxy) is 4. The van der Waals surface area contributed by atoms with E-state index in [1.54, 1.807) is 0 Å². The van der Waals surface area contributed by atoms with Gasteiger partial charge in [0.1, 0.15) is 19.3 Å². The Morgan fingerprint density at radius 3 is 0.835 bits per heavy atom. The molecule has 0 aliphatic rings. The maximum Gasteiger partial charge on any atom is 0.472 e. The zero-order chi connectivity index (χ0) is 67.2. The van der Waals surface area contributed by atoms with Crippen molar-refractivity contribution >= 4 is 39.5 Å². The fourth-order valence-electron chi connectivity index (χ4n) is 10.9. The van der Waals surface area contributed by atoms with Crippen molar-refractivity contribution in [3.8, 4) is 0 Å². The molecule has 0 aromatic carbocycles. The van der Waals surface area contributed by atoms with Gasteiger partial charge in [-0.25, -0.2) is 9.13 Å². The van der Waals surface area contributed by atoms with Gasteiger partial charge < -0.3 is 33.8 Å². The summed E-state index contributed by atoms with van der Waals surface area (Å²) in [5.41, 5.74) is 0. The summed E-state index contributed by atoms with van der Waals surface area (Å²) in [6, 6.07) is 0. The van der Waals surface area contributed by atoms with Crippen molar-refractivity contribution in [2.75, 3.05) is 39.6 Å². The number of rotatable bonds is 71.